The van der Waals surface area contributed by atoms with Crippen LogP contribution in [0.25, 0.3) is 16.9 Å². The fourth-order valence-corrected chi connectivity index (χ4v) is 3.38. The van der Waals surface area contributed by atoms with Gasteiger partial charge in [0.2, 0.25) is 5.91 Å². The molecule has 1 saturated heterocycles. The van der Waals surface area contributed by atoms with Gasteiger partial charge in [-0.3, -0.25) is 4.79 Å². The van der Waals surface area contributed by atoms with Gasteiger partial charge in [0.15, 0.2) is 17.0 Å². The average Bonchev–Trinajstić information content (AvgIpc) is 3.18. The number of ether oxygens (including phenoxy) is 1. The number of piperazine rings is 1. The summed E-state index contributed by atoms with van der Waals surface area (Å²) in [6.07, 6.45) is 2.07. The molecule has 146 valence electrons. The lowest BCUT2D eigenvalue weighted by atomic mass is 10.2. The zero-order valence-corrected chi connectivity index (χ0v) is 16.1. The first-order valence-corrected chi connectivity index (χ1v) is 9.53. The van der Waals surface area contributed by atoms with Gasteiger partial charge in [0, 0.05) is 32.6 Å². The third-order valence-electron chi connectivity index (χ3n) is 4.85. The van der Waals surface area contributed by atoms with Crippen LogP contribution < -0.4 is 9.64 Å². The number of carbonyl (C=O) groups is 1. The minimum atomic E-state index is 0.189. The smallest absolute Gasteiger partial charge is 0.222 e. The molecule has 2 aromatic heterocycles. The van der Waals surface area contributed by atoms with Crippen LogP contribution in [0.3, 0.4) is 0 Å². The summed E-state index contributed by atoms with van der Waals surface area (Å²) in [7, 11) is 0. The molecule has 3 aromatic rings. The maximum absolute atomic E-state index is 11.9. The van der Waals surface area contributed by atoms with E-state index in [0.717, 1.165) is 17.3 Å². The minimum Gasteiger partial charge on any atom is -0.494 e. The number of rotatable bonds is 5. The molecule has 28 heavy (non-hydrogen) atoms. The largest absolute Gasteiger partial charge is 0.494 e. The number of amides is 1. The fourth-order valence-electron chi connectivity index (χ4n) is 3.38. The van der Waals surface area contributed by atoms with Crippen molar-refractivity contribution in [3.05, 3.63) is 30.6 Å². The SMILES string of the molecule is CCOc1ccc(-n2nnc3c(N4CCN(C(=O)CC)CC4)ncnc32)cc1. The van der Waals surface area contributed by atoms with Gasteiger partial charge >= 0.3 is 0 Å². The van der Waals surface area contributed by atoms with Gasteiger partial charge in [-0.05, 0) is 31.2 Å². The molecule has 0 unspecified atom stereocenters. The van der Waals surface area contributed by atoms with Gasteiger partial charge in [-0.15, -0.1) is 5.10 Å². The number of hydrogen-bond donors (Lipinski definition) is 0. The van der Waals surface area contributed by atoms with Crippen LogP contribution in [0.4, 0.5) is 5.82 Å². The molecule has 9 nitrogen and oxygen atoms in total. The van der Waals surface area contributed by atoms with E-state index >= 15 is 0 Å². The Balaban J connectivity index is 1.60. The Bertz CT molecular complexity index is 962. The highest BCUT2D eigenvalue weighted by Gasteiger charge is 2.24. The molecular formula is C19H23N7O2. The first kappa shape index (κ1) is 18.1. The number of aromatic nitrogens is 5. The van der Waals surface area contributed by atoms with E-state index in [1.807, 2.05) is 43.0 Å². The van der Waals surface area contributed by atoms with E-state index in [0.29, 0.717) is 50.4 Å². The number of benzene rings is 1. The van der Waals surface area contributed by atoms with E-state index in [2.05, 4.69) is 25.2 Å². The summed E-state index contributed by atoms with van der Waals surface area (Å²) in [5.74, 6) is 1.75. The highest BCUT2D eigenvalue weighted by molar-refractivity contribution is 5.84. The van der Waals surface area contributed by atoms with Crippen LogP contribution in [0.5, 0.6) is 5.75 Å². The highest BCUT2D eigenvalue weighted by atomic mass is 16.5. The van der Waals surface area contributed by atoms with Gasteiger partial charge in [0.25, 0.3) is 0 Å². The maximum Gasteiger partial charge on any atom is 0.222 e. The van der Waals surface area contributed by atoms with E-state index in [1.54, 1.807) is 4.68 Å². The number of anilines is 1. The van der Waals surface area contributed by atoms with Crippen molar-refractivity contribution in [1.29, 1.82) is 0 Å². The molecule has 0 atom stereocenters. The molecule has 1 amide bonds. The molecule has 0 radical (unpaired) electrons. The Morgan fingerprint density at radius 3 is 2.50 bits per heavy atom. The summed E-state index contributed by atoms with van der Waals surface area (Å²) in [5, 5.41) is 8.62. The molecule has 1 aromatic carbocycles. The first-order valence-electron chi connectivity index (χ1n) is 9.53. The van der Waals surface area contributed by atoms with Crippen LogP contribution in [0, 0.1) is 0 Å². The molecule has 3 heterocycles. The molecular weight excluding hydrogens is 358 g/mol. The van der Waals surface area contributed by atoms with Crippen LogP contribution >= 0.6 is 0 Å². The Morgan fingerprint density at radius 1 is 1.07 bits per heavy atom. The molecule has 0 aliphatic carbocycles. The van der Waals surface area contributed by atoms with E-state index in [1.165, 1.54) is 6.33 Å². The molecule has 0 N–H and O–H groups in total. The van der Waals surface area contributed by atoms with Gasteiger partial charge in [0.1, 0.15) is 12.1 Å². The highest BCUT2D eigenvalue weighted by Crippen LogP contribution is 2.24. The van der Waals surface area contributed by atoms with Gasteiger partial charge in [-0.1, -0.05) is 12.1 Å². The zero-order valence-electron chi connectivity index (χ0n) is 16.1. The van der Waals surface area contributed by atoms with Crippen LogP contribution in [0.1, 0.15) is 20.3 Å². The monoisotopic (exact) mass is 381 g/mol. The first-order chi connectivity index (χ1) is 13.7. The Kier molecular flexibility index (Phi) is 5.05. The fraction of sp³-hybridized carbons (Fsp3) is 0.421. The van der Waals surface area contributed by atoms with Gasteiger partial charge in [-0.2, -0.15) is 4.68 Å². The van der Waals surface area contributed by atoms with E-state index in [4.69, 9.17) is 4.74 Å². The average molecular weight is 381 g/mol. The van der Waals surface area contributed by atoms with Crippen LogP contribution in [-0.2, 0) is 4.79 Å². The number of fused-ring (bicyclic) bond motifs is 1. The van der Waals surface area contributed by atoms with Crippen molar-refractivity contribution in [1.82, 2.24) is 29.9 Å². The van der Waals surface area contributed by atoms with Crippen LogP contribution in [-0.4, -0.2) is 68.6 Å². The molecule has 9 heteroatoms. The van der Waals surface area contributed by atoms with Crippen molar-refractivity contribution in [3.8, 4) is 11.4 Å². The number of carbonyl (C=O) groups excluding carboxylic acids is 1. The van der Waals surface area contributed by atoms with Gasteiger partial charge in [-0.25, -0.2) is 9.97 Å². The summed E-state index contributed by atoms with van der Waals surface area (Å²) in [6, 6.07) is 7.66. The topological polar surface area (TPSA) is 89.3 Å². The summed E-state index contributed by atoms with van der Waals surface area (Å²) in [4.78, 5) is 24.8. The quantitative estimate of drug-likeness (QED) is 0.664. The number of hydrogen-bond acceptors (Lipinski definition) is 7. The second-order valence-corrected chi connectivity index (χ2v) is 6.52. The molecule has 0 spiro atoms. The van der Waals surface area contributed by atoms with E-state index in [-0.39, 0.29) is 5.91 Å². The lowest BCUT2D eigenvalue weighted by Gasteiger charge is -2.35. The molecule has 1 fully saturated rings. The van der Waals surface area contributed by atoms with Crippen molar-refractivity contribution in [3.63, 3.8) is 0 Å². The van der Waals surface area contributed by atoms with Crippen molar-refractivity contribution in [2.75, 3.05) is 37.7 Å². The van der Waals surface area contributed by atoms with Crippen molar-refractivity contribution < 1.29 is 9.53 Å². The molecule has 4 rings (SSSR count). The zero-order chi connectivity index (χ0) is 19.5. The van der Waals surface area contributed by atoms with Gasteiger partial charge in [0.05, 0.1) is 12.3 Å². The predicted molar refractivity (Wildman–Crippen MR) is 105 cm³/mol. The lowest BCUT2D eigenvalue weighted by molar-refractivity contribution is -0.131. The van der Waals surface area contributed by atoms with E-state index in [9.17, 15) is 4.79 Å². The Morgan fingerprint density at radius 2 is 1.82 bits per heavy atom. The van der Waals surface area contributed by atoms with Crippen molar-refractivity contribution >= 4 is 22.9 Å². The number of nitrogens with zero attached hydrogens (tertiary/aromatic N) is 7. The molecule has 0 saturated carbocycles. The second-order valence-electron chi connectivity index (χ2n) is 6.52. The summed E-state index contributed by atoms with van der Waals surface area (Å²) in [6.45, 7) is 7.27. The summed E-state index contributed by atoms with van der Waals surface area (Å²) < 4.78 is 7.19. The third-order valence-corrected chi connectivity index (χ3v) is 4.85. The van der Waals surface area contributed by atoms with Crippen LogP contribution in [0.2, 0.25) is 0 Å². The molecule has 0 bridgehead atoms. The Hall–Kier alpha value is -3.23. The third kappa shape index (κ3) is 3.35. The summed E-state index contributed by atoms with van der Waals surface area (Å²) >= 11 is 0. The molecule has 1 aliphatic rings. The van der Waals surface area contributed by atoms with Gasteiger partial charge < -0.3 is 14.5 Å². The van der Waals surface area contributed by atoms with Crippen LogP contribution in [0.15, 0.2) is 30.6 Å². The van der Waals surface area contributed by atoms with E-state index < -0.39 is 0 Å². The summed E-state index contributed by atoms with van der Waals surface area (Å²) in [5.41, 5.74) is 2.17. The maximum atomic E-state index is 11.9. The van der Waals surface area contributed by atoms with Crippen molar-refractivity contribution in [2.45, 2.75) is 20.3 Å². The second kappa shape index (κ2) is 7.79. The standard InChI is InChI=1S/C19H23N7O2/c1-3-16(27)24-9-11-25(12-10-24)18-17-19(21-13-20-18)26(23-22-17)14-5-7-15(8-6-14)28-4-2/h5-8,13H,3-4,9-12H2,1-2H3. The lowest BCUT2D eigenvalue weighted by Crippen LogP contribution is -2.49. The normalized spacial score (nSPS) is 14.5. The van der Waals surface area contributed by atoms with Crippen molar-refractivity contribution in [2.24, 2.45) is 0 Å². The predicted octanol–water partition coefficient (Wildman–Crippen LogP) is 1.67. The molecule has 1 aliphatic heterocycles. The Labute approximate surface area is 162 Å². The minimum absolute atomic E-state index is 0.189.